The Bertz CT molecular complexity index is 355. The van der Waals surface area contributed by atoms with E-state index in [9.17, 15) is 0 Å². The molecule has 2 rings (SSSR count). The highest BCUT2D eigenvalue weighted by atomic mass is 16.5. The monoisotopic (exact) mass is 262 g/mol. The van der Waals surface area contributed by atoms with Crippen LogP contribution >= 0.6 is 0 Å². The van der Waals surface area contributed by atoms with E-state index in [0.717, 1.165) is 32.7 Å². The summed E-state index contributed by atoms with van der Waals surface area (Å²) in [5.74, 6) is 0. The number of piperazine rings is 1. The van der Waals surface area contributed by atoms with E-state index in [1.807, 2.05) is 0 Å². The van der Waals surface area contributed by atoms with E-state index in [1.165, 1.54) is 12.0 Å². The third-order valence-electron chi connectivity index (χ3n) is 4.00. The fraction of sp³-hybridized carbons (Fsp3) is 0.625. The lowest BCUT2D eigenvalue weighted by Crippen LogP contribution is -2.57. The molecule has 2 unspecified atom stereocenters. The first-order valence-corrected chi connectivity index (χ1v) is 7.33. The third-order valence-corrected chi connectivity index (χ3v) is 4.00. The number of hydrogen-bond acceptors (Lipinski definition) is 3. The highest BCUT2D eigenvalue weighted by Crippen LogP contribution is 2.14. The van der Waals surface area contributed by atoms with Crippen molar-refractivity contribution in [1.82, 2.24) is 10.2 Å². The van der Waals surface area contributed by atoms with Crippen molar-refractivity contribution < 1.29 is 4.74 Å². The van der Waals surface area contributed by atoms with Crippen LogP contribution in [0.4, 0.5) is 0 Å². The van der Waals surface area contributed by atoms with E-state index < -0.39 is 0 Å². The Morgan fingerprint density at radius 1 is 1.32 bits per heavy atom. The smallest absolute Gasteiger partial charge is 0.0589 e. The molecule has 0 aromatic heterocycles. The van der Waals surface area contributed by atoms with Crippen LogP contribution in [0, 0.1) is 0 Å². The minimum atomic E-state index is 0.584. The van der Waals surface area contributed by atoms with Crippen LogP contribution in [0.1, 0.15) is 18.9 Å². The predicted molar refractivity (Wildman–Crippen MR) is 79.5 cm³/mol. The van der Waals surface area contributed by atoms with Gasteiger partial charge in [-0.05, 0) is 18.4 Å². The van der Waals surface area contributed by atoms with Crippen molar-refractivity contribution in [2.45, 2.75) is 31.8 Å². The first kappa shape index (κ1) is 14.5. The summed E-state index contributed by atoms with van der Waals surface area (Å²) in [4.78, 5) is 2.58. The van der Waals surface area contributed by atoms with Crippen LogP contribution in [-0.2, 0) is 11.2 Å². The molecule has 1 saturated heterocycles. The van der Waals surface area contributed by atoms with Crippen molar-refractivity contribution in [3.05, 3.63) is 35.9 Å². The van der Waals surface area contributed by atoms with Crippen LogP contribution in [0.25, 0.3) is 0 Å². The predicted octanol–water partition coefficient (Wildman–Crippen LogP) is 1.93. The van der Waals surface area contributed by atoms with Gasteiger partial charge in [-0.1, -0.05) is 37.3 Å². The summed E-state index contributed by atoms with van der Waals surface area (Å²) in [5.41, 5.74) is 1.42. The molecule has 1 aromatic rings. The molecule has 1 fully saturated rings. The van der Waals surface area contributed by atoms with E-state index in [1.54, 1.807) is 7.11 Å². The van der Waals surface area contributed by atoms with Crippen molar-refractivity contribution in [1.29, 1.82) is 0 Å². The van der Waals surface area contributed by atoms with Gasteiger partial charge in [-0.2, -0.15) is 0 Å². The standard InChI is InChI=1S/C16H26N2O/c1-3-15-13-18(9-10-19-2)16(12-17-15)11-14-7-5-4-6-8-14/h4-8,15-17H,3,9-13H2,1-2H3. The number of rotatable bonds is 6. The average molecular weight is 262 g/mol. The van der Waals surface area contributed by atoms with Crippen molar-refractivity contribution in [2.24, 2.45) is 0 Å². The highest BCUT2D eigenvalue weighted by molar-refractivity contribution is 5.16. The molecule has 0 spiro atoms. The summed E-state index contributed by atoms with van der Waals surface area (Å²) in [6.45, 7) is 6.33. The molecule has 1 aliphatic rings. The second-order valence-electron chi connectivity index (χ2n) is 5.34. The highest BCUT2D eigenvalue weighted by Gasteiger charge is 2.26. The van der Waals surface area contributed by atoms with Gasteiger partial charge in [0.15, 0.2) is 0 Å². The lowest BCUT2D eigenvalue weighted by atomic mass is 10.00. The summed E-state index contributed by atoms with van der Waals surface area (Å²) >= 11 is 0. The van der Waals surface area contributed by atoms with Gasteiger partial charge >= 0.3 is 0 Å². The van der Waals surface area contributed by atoms with Gasteiger partial charge in [0, 0.05) is 38.8 Å². The van der Waals surface area contributed by atoms with Gasteiger partial charge in [-0.3, -0.25) is 4.90 Å². The van der Waals surface area contributed by atoms with Gasteiger partial charge in [0.25, 0.3) is 0 Å². The van der Waals surface area contributed by atoms with E-state index in [2.05, 4.69) is 47.5 Å². The Hall–Kier alpha value is -0.900. The summed E-state index contributed by atoms with van der Waals surface area (Å²) in [5, 5.41) is 3.66. The minimum Gasteiger partial charge on any atom is -0.383 e. The second kappa shape index (κ2) is 7.63. The van der Waals surface area contributed by atoms with Gasteiger partial charge in [-0.15, -0.1) is 0 Å². The number of methoxy groups -OCH3 is 1. The number of benzene rings is 1. The molecule has 0 saturated carbocycles. The molecule has 0 amide bonds. The maximum absolute atomic E-state index is 5.25. The summed E-state index contributed by atoms with van der Waals surface area (Å²) < 4.78 is 5.25. The van der Waals surface area contributed by atoms with Gasteiger partial charge in [0.2, 0.25) is 0 Å². The first-order valence-electron chi connectivity index (χ1n) is 7.33. The Morgan fingerprint density at radius 2 is 2.11 bits per heavy atom. The molecule has 1 heterocycles. The van der Waals surface area contributed by atoms with Gasteiger partial charge < -0.3 is 10.1 Å². The number of nitrogens with zero attached hydrogens (tertiary/aromatic N) is 1. The molecule has 1 aliphatic heterocycles. The van der Waals surface area contributed by atoms with E-state index in [4.69, 9.17) is 4.74 Å². The lowest BCUT2D eigenvalue weighted by Gasteiger charge is -2.40. The number of ether oxygens (including phenoxy) is 1. The topological polar surface area (TPSA) is 24.5 Å². The zero-order valence-corrected chi connectivity index (χ0v) is 12.1. The molecule has 0 aliphatic carbocycles. The fourth-order valence-electron chi connectivity index (χ4n) is 2.77. The largest absolute Gasteiger partial charge is 0.383 e. The number of hydrogen-bond donors (Lipinski definition) is 1. The molecule has 106 valence electrons. The van der Waals surface area contributed by atoms with Crippen molar-refractivity contribution in [3.8, 4) is 0 Å². The van der Waals surface area contributed by atoms with Gasteiger partial charge in [0.05, 0.1) is 6.61 Å². The maximum Gasteiger partial charge on any atom is 0.0589 e. The molecular weight excluding hydrogens is 236 g/mol. The quantitative estimate of drug-likeness (QED) is 0.848. The van der Waals surface area contributed by atoms with Crippen LogP contribution in [0.15, 0.2) is 30.3 Å². The summed E-state index contributed by atoms with van der Waals surface area (Å²) in [7, 11) is 1.78. The molecule has 1 N–H and O–H groups in total. The normalized spacial score (nSPS) is 24.5. The Morgan fingerprint density at radius 3 is 2.79 bits per heavy atom. The van der Waals surface area contributed by atoms with E-state index >= 15 is 0 Å². The van der Waals surface area contributed by atoms with Crippen LogP contribution in [0.3, 0.4) is 0 Å². The molecule has 0 bridgehead atoms. The number of nitrogens with one attached hydrogen (secondary N) is 1. The van der Waals surface area contributed by atoms with Crippen LogP contribution < -0.4 is 5.32 Å². The molecule has 3 nitrogen and oxygen atoms in total. The van der Waals surface area contributed by atoms with Crippen LogP contribution in [-0.4, -0.2) is 50.3 Å². The molecule has 19 heavy (non-hydrogen) atoms. The van der Waals surface area contributed by atoms with Crippen molar-refractivity contribution in [2.75, 3.05) is 33.4 Å². The maximum atomic E-state index is 5.25. The molecular formula is C16H26N2O. The van der Waals surface area contributed by atoms with Crippen LogP contribution in [0.5, 0.6) is 0 Å². The Kier molecular flexibility index (Phi) is 5.83. The molecule has 0 radical (unpaired) electrons. The Balaban J connectivity index is 1.96. The average Bonchev–Trinajstić information content (AvgIpc) is 2.47. The van der Waals surface area contributed by atoms with Gasteiger partial charge in [0.1, 0.15) is 0 Å². The minimum absolute atomic E-state index is 0.584. The van der Waals surface area contributed by atoms with Crippen molar-refractivity contribution >= 4 is 0 Å². The zero-order chi connectivity index (χ0) is 13.5. The van der Waals surface area contributed by atoms with E-state index in [-0.39, 0.29) is 0 Å². The second-order valence-corrected chi connectivity index (χ2v) is 5.34. The SMILES string of the molecule is CCC1CN(CCOC)C(Cc2ccccc2)CN1. The zero-order valence-electron chi connectivity index (χ0n) is 12.1. The lowest BCUT2D eigenvalue weighted by molar-refractivity contribution is 0.0854. The molecule has 3 heteroatoms. The van der Waals surface area contributed by atoms with Crippen LogP contribution in [0.2, 0.25) is 0 Å². The third kappa shape index (κ3) is 4.30. The van der Waals surface area contributed by atoms with E-state index in [0.29, 0.717) is 12.1 Å². The fourth-order valence-corrected chi connectivity index (χ4v) is 2.77. The first-order chi connectivity index (χ1) is 9.33. The molecule has 1 aromatic carbocycles. The molecule has 2 atom stereocenters. The summed E-state index contributed by atoms with van der Waals surface area (Å²) in [6, 6.07) is 12.0. The summed E-state index contributed by atoms with van der Waals surface area (Å²) in [6.07, 6.45) is 2.32. The Labute approximate surface area is 116 Å². The van der Waals surface area contributed by atoms with Gasteiger partial charge in [-0.25, -0.2) is 0 Å². The van der Waals surface area contributed by atoms with Crippen molar-refractivity contribution in [3.63, 3.8) is 0 Å².